The minimum Gasteiger partial charge on any atom is -0.386 e. The van der Waals surface area contributed by atoms with E-state index in [1.165, 1.54) is 5.56 Å². The van der Waals surface area contributed by atoms with Crippen LogP contribution in [0.3, 0.4) is 0 Å². The number of hydrogen-bond donors (Lipinski definition) is 1. The molecule has 0 heterocycles. The fourth-order valence-corrected chi connectivity index (χ4v) is 1.60. The van der Waals surface area contributed by atoms with Gasteiger partial charge in [0.05, 0.1) is 0 Å². The molecule has 1 aromatic carbocycles. The molecule has 0 aliphatic rings. The second kappa shape index (κ2) is 5.59. The van der Waals surface area contributed by atoms with Crippen LogP contribution in [-0.2, 0) is 6.42 Å². The molecule has 1 nitrogen and oxygen atoms in total. The minimum absolute atomic E-state index is 0.468. The number of allylic oxidation sites excluding steroid dienone is 1. The van der Waals surface area contributed by atoms with Gasteiger partial charge >= 0.3 is 0 Å². The lowest BCUT2D eigenvalue weighted by Gasteiger charge is -2.19. The quantitative estimate of drug-likeness (QED) is 0.773. The van der Waals surface area contributed by atoms with E-state index in [1.54, 1.807) is 0 Å². The molecule has 0 spiro atoms. The molecule has 0 saturated heterocycles. The Labute approximate surface area is 93.2 Å². The van der Waals surface area contributed by atoms with Gasteiger partial charge in [-0.1, -0.05) is 43.8 Å². The molecule has 0 aliphatic heterocycles. The van der Waals surface area contributed by atoms with Crippen molar-refractivity contribution < 1.29 is 0 Å². The molecule has 1 unspecified atom stereocenters. The lowest BCUT2D eigenvalue weighted by Crippen LogP contribution is -2.25. The Hall–Kier alpha value is -1.24. The maximum absolute atomic E-state index is 4.08. The summed E-state index contributed by atoms with van der Waals surface area (Å²) >= 11 is 0. The molecule has 1 aromatic rings. The van der Waals surface area contributed by atoms with Gasteiger partial charge in [-0.25, -0.2) is 0 Å². The van der Waals surface area contributed by atoms with Crippen LogP contribution in [0.15, 0.2) is 42.6 Å². The lowest BCUT2D eigenvalue weighted by molar-refractivity contribution is 0.560. The molecule has 0 saturated carbocycles. The molecule has 0 amide bonds. The maximum atomic E-state index is 4.08. The first-order valence-electron chi connectivity index (χ1n) is 5.59. The Kier molecular flexibility index (Phi) is 4.41. The Balaban J connectivity index is 2.49. The van der Waals surface area contributed by atoms with Crippen LogP contribution in [0.4, 0.5) is 0 Å². The summed E-state index contributed by atoms with van der Waals surface area (Å²) in [5, 5.41) is 3.37. The van der Waals surface area contributed by atoms with E-state index in [4.69, 9.17) is 0 Å². The largest absolute Gasteiger partial charge is 0.386 e. The third-order valence-electron chi connectivity index (χ3n) is 2.45. The first-order valence-corrected chi connectivity index (χ1v) is 5.59. The van der Waals surface area contributed by atoms with E-state index in [0.717, 1.165) is 12.1 Å². The number of benzene rings is 1. The van der Waals surface area contributed by atoms with Crippen molar-refractivity contribution in [2.45, 2.75) is 33.2 Å². The summed E-state index contributed by atoms with van der Waals surface area (Å²) in [5.74, 6) is 0.481. The summed E-state index contributed by atoms with van der Waals surface area (Å²) in [7, 11) is 0. The van der Waals surface area contributed by atoms with Crippen molar-refractivity contribution in [3.05, 3.63) is 48.2 Å². The van der Waals surface area contributed by atoms with Crippen molar-refractivity contribution in [3.63, 3.8) is 0 Å². The summed E-state index contributed by atoms with van der Waals surface area (Å²) in [6.07, 6.45) is 1.05. The second-order valence-electron chi connectivity index (χ2n) is 4.42. The van der Waals surface area contributed by atoms with E-state index < -0.39 is 0 Å². The first-order chi connectivity index (χ1) is 7.09. The normalized spacial score (nSPS) is 12.5. The monoisotopic (exact) mass is 203 g/mol. The molecule has 1 heteroatoms. The van der Waals surface area contributed by atoms with Gasteiger partial charge in [-0.2, -0.15) is 0 Å². The summed E-state index contributed by atoms with van der Waals surface area (Å²) in [5.41, 5.74) is 2.51. The molecule has 0 fully saturated rings. The van der Waals surface area contributed by atoms with Gasteiger partial charge in [0, 0.05) is 11.7 Å². The van der Waals surface area contributed by atoms with Gasteiger partial charge in [0.25, 0.3) is 0 Å². The molecular formula is C14H21N. The van der Waals surface area contributed by atoms with E-state index in [9.17, 15) is 0 Å². The van der Waals surface area contributed by atoms with Gasteiger partial charge in [-0.15, -0.1) is 0 Å². The molecule has 0 aliphatic carbocycles. The lowest BCUT2D eigenvalue weighted by atomic mass is 9.98. The summed E-state index contributed by atoms with van der Waals surface area (Å²) < 4.78 is 0. The highest BCUT2D eigenvalue weighted by Gasteiger charge is 2.08. The highest BCUT2D eigenvalue weighted by atomic mass is 14.9. The van der Waals surface area contributed by atoms with Crippen molar-refractivity contribution in [1.29, 1.82) is 0 Å². The molecule has 1 N–H and O–H groups in total. The Morgan fingerprint density at radius 2 is 1.80 bits per heavy atom. The van der Waals surface area contributed by atoms with Gasteiger partial charge < -0.3 is 5.32 Å². The molecule has 0 radical (unpaired) electrons. The molecule has 1 atom stereocenters. The number of rotatable bonds is 5. The molecular weight excluding hydrogens is 182 g/mol. The highest BCUT2D eigenvalue weighted by molar-refractivity contribution is 5.17. The third-order valence-corrected chi connectivity index (χ3v) is 2.45. The number of hydrogen-bond acceptors (Lipinski definition) is 1. The van der Waals surface area contributed by atoms with Crippen molar-refractivity contribution >= 4 is 0 Å². The van der Waals surface area contributed by atoms with Crippen LogP contribution < -0.4 is 5.32 Å². The van der Waals surface area contributed by atoms with E-state index >= 15 is 0 Å². The molecule has 15 heavy (non-hydrogen) atoms. The maximum Gasteiger partial charge on any atom is 0.0201 e. The van der Waals surface area contributed by atoms with Crippen LogP contribution in [-0.4, -0.2) is 6.04 Å². The highest BCUT2D eigenvalue weighted by Crippen LogP contribution is 2.13. The van der Waals surface area contributed by atoms with Crippen molar-refractivity contribution in [3.8, 4) is 0 Å². The minimum atomic E-state index is 0.468. The van der Waals surface area contributed by atoms with Crippen LogP contribution in [0.1, 0.15) is 26.3 Å². The topological polar surface area (TPSA) is 12.0 Å². The zero-order valence-electron chi connectivity index (χ0n) is 9.96. The van der Waals surface area contributed by atoms with E-state index in [2.05, 4.69) is 63.0 Å². The fourth-order valence-electron chi connectivity index (χ4n) is 1.60. The van der Waals surface area contributed by atoms with Gasteiger partial charge in [0.1, 0.15) is 0 Å². The van der Waals surface area contributed by atoms with Crippen LogP contribution in [0.5, 0.6) is 0 Å². The predicted molar refractivity (Wildman–Crippen MR) is 66.7 cm³/mol. The second-order valence-corrected chi connectivity index (χ2v) is 4.42. The Bertz CT molecular complexity index is 300. The van der Waals surface area contributed by atoms with Crippen LogP contribution in [0, 0.1) is 5.92 Å². The Morgan fingerprint density at radius 3 is 2.33 bits per heavy atom. The molecule has 0 bridgehead atoms. The number of nitrogens with one attached hydrogen (secondary N) is 1. The van der Waals surface area contributed by atoms with E-state index in [0.29, 0.717) is 12.0 Å². The van der Waals surface area contributed by atoms with Gasteiger partial charge in [-0.3, -0.25) is 0 Å². The summed E-state index contributed by atoms with van der Waals surface area (Å²) in [6, 6.07) is 11.0. The molecule has 0 aromatic heterocycles. The Morgan fingerprint density at radius 1 is 1.20 bits per heavy atom. The average Bonchev–Trinajstić information content (AvgIpc) is 2.18. The van der Waals surface area contributed by atoms with Crippen molar-refractivity contribution in [2.24, 2.45) is 5.92 Å². The average molecular weight is 203 g/mol. The smallest absolute Gasteiger partial charge is 0.0201 e. The van der Waals surface area contributed by atoms with E-state index in [-0.39, 0.29) is 0 Å². The van der Waals surface area contributed by atoms with Crippen LogP contribution in [0.25, 0.3) is 0 Å². The van der Waals surface area contributed by atoms with Crippen molar-refractivity contribution in [1.82, 2.24) is 5.32 Å². The first kappa shape index (κ1) is 11.8. The van der Waals surface area contributed by atoms with Gasteiger partial charge in [0.15, 0.2) is 0 Å². The van der Waals surface area contributed by atoms with E-state index in [1.807, 2.05) is 0 Å². The predicted octanol–water partition coefficient (Wildman–Crippen LogP) is 3.38. The van der Waals surface area contributed by atoms with Gasteiger partial charge in [0.2, 0.25) is 0 Å². The molecule has 1 rings (SSSR count). The zero-order chi connectivity index (χ0) is 11.3. The van der Waals surface area contributed by atoms with Crippen LogP contribution in [0.2, 0.25) is 0 Å². The summed E-state index contributed by atoms with van der Waals surface area (Å²) in [4.78, 5) is 0. The van der Waals surface area contributed by atoms with Crippen molar-refractivity contribution in [2.75, 3.05) is 0 Å². The fraction of sp³-hybridized carbons (Fsp3) is 0.429. The standard InChI is InChI=1S/C14H21N/c1-11(2)15-13(4)12(3)10-14-8-6-5-7-9-14/h5-9,11-12,15H,4,10H2,1-3H3. The van der Waals surface area contributed by atoms with Gasteiger partial charge in [-0.05, 0) is 31.7 Å². The third kappa shape index (κ3) is 4.20. The molecule has 82 valence electrons. The zero-order valence-corrected chi connectivity index (χ0v) is 9.96. The summed E-state index contributed by atoms with van der Waals surface area (Å²) in [6.45, 7) is 10.6. The SMILES string of the molecule is C=C(NC(C)C)C(C)Cc1ccccc1. The van der Waals surface area contributed by atoms with Crippen LogP contribution >= 0.6 is 0 Å².